The van der Waals surface area contributed by atoms with Crippen LogP contribution in [0.2, 0.25) is 0 Å². The van der Waals surface area contributed by atoms with Crippen LogP contribution in [0.3, 0.4) is 0 Å². The van der Waals surface area contributed by atoms with Crippen LogP contribution < -0.4 is 10.1 Å². The molecular formula is C20H24N2O5S. The zero-order chi connectivity index (χ0) is 20.1. The molecule has 7 nitrogen and oxygen atoms in total. The standard InChI is InChI=1S/C20H24N2O5S/c1-3-15-5-4-6-16(13-15)21-20(23)18-14-17(7-8-19(18)26-2)28(24,25)22-9-11-27-12-10-22/h4-8,13-14H,3,9-12H2,1-2H3,(H,21,23). The number of ether oxygens (including phenoxy) is 2. The summed E-state index contributed by atoms with van der Waals surface area (Å²) in [6, 6.07) is 11.8. The second kappa shape index (κ2) is 8.72. The number of amides is 1. The molecule has 0 unspecified atom stereocenters. The molecule has 0 saturated carbocycles. The molecule has 0 radical (unpaired) electrons. The number of benzene rings is 2. The third kappa shape index (κ3) is 4.35. The van der Waals surface area contributed by atoms with E-state index in [0.29, 0.717) is 37.7 Å². The first kappa shape index (κ1) is 20.3. The Balaban J connectivity index is 1.91. The van der Waals surface area contributed by atoms with E-state index in [1.165, 1.54) is 29.6 Å². The van der Waals surface area contributed by atoms with E-state index >= 15 is 0 Å². The minimum atomic E-state index is -3.71. The fourth-order valence-corrected chi connectivity index (χ4v) is 4.46. The molecule has 3 rings (SSSR count). The SMILES string of the molecule is CCc1cccc(NC(=O)c2cc(S(=O)(=O)N3CCOCC3)ccc2OC)c1. The van der Waals surface area contributed by atoms with Crippen LogP contribution in [0.15, 0.2) is 47.4 Å². The van der Waals surface area contributed by atoms with Crippen molar-refractivity contribution in [2.75, 3.05) is 38.7 Å². The van der Waals surface area contributed by atoms with Crippen LogP contribution in [-0.4, -0.2) is 52.0 Å². The Bertz CT molecular complexity index is 953. The van der Waals surface area contributed by atoms with Crippen LogP contribution >= 0.6 is 0 Å². The zero-order valence-electron chi connectivity index (χ0n) is 16.0. The first-order valence-electron chi connectivity index (χ1n) is 9.12. The van der Waals surface area contributed by atoms with Crippen LogP contribution in [0.25, 0.3) is 0 Å². The van der Waals surface area contributed by atoms with E-state index < -0.39 is 15.9 Å². The van der Waals surface area contributed by atoms with Crippen LogP contribution in [-0.2, 0) is 21.2 Å². The van der Waals surface area contributed by atoms with Crippen molar-refractivity contribution in [3.8, 4) is 5.75 Å². The molecule has 0 aliphatic carbocycles. The maximum Gasteiger partial charge on any atom is 0.259 e. The third-order valence-corrected chi connectivity index (χ3v) is 6.51. The fourth-order valence-electron chi connectivity index (χ4n) is 3.03. The molecule has 0 spiro atoms. The number of hydrogen-bond acceptors (Lipinski definition) is 5. The predicted octanol–water partition coefficient (Wildman–Crippen LogP) is 2.53. The molecule has 0 bridgehead atoms. The van der Waals surface area contributed by atoms with E-state index in [4.69, 9.17) is 9.47 Å². The van der Waals surface area contributed by atoms with E-state index in [0.717, 1.165) is 12.0 Å². The van der Waals surface area contributed by atoms with Gasteiger partial charge in [0.15, 0.2) is 0 Å². The molecule has 0 aromatic heterocycles. The summed E-state index contributed by atoms with van der Waals surface area (Å²) >= 11 is 0. The second-order valence-electron chi connectivity index (χ2n) is 6.39. The molecule has 2 aromatic rings. The molecule has 8 heteroatoms. The van der Waals surface area contributed by atoms with Gasteiger partial charge in [-0.3, -0.25) is 4.79 Å². The van der Waals surface area contributed by atoms with Gasteiger partial charge in [-0.05, 0) is 42.3 Å². The summed E-state index contributed by atoms with van der Waals surface area (Å²) in [5, 5.41) is 2.82. The van der Waals surface area contributed by atoms with E-state index in [9.17, 15) is 13.2 Å². The van der Waals surface area contributed by atoms with E-state index in [-0.39, 0.29) is 10.5 Å². The number of anilines is 1. The molecule has 28 heavy (non-hydrogen) atoms. The van der Waals surface area contributed by atoms with Crippen molar-refractivity contribution < 1.29 is 22.7 Å². The summed E-state index contributed by atoms with van der Waals surface area (Å²) in [6.45, 7) is 3.33. The Morgan fingerprint density at radius 1 is 1.18 bits per heavy atom. The number of sulfonamides is 1. The molecule has 2 aromatic carbocycles. The largest absolute Gasteiger partial charge is 0.496 e. The van der Waals surface area contributed by atoms with Crippen molar-refractivity contribution in [1.29, 1.82) is 0 Å². The first-order chi connectivity index (χ1) is 13.5. The summed E-state index contributed by atoms with van der Waals surface area (Å²) in [5.74, 6) is -0.116. The molecule has 1 saturated heterocycles. The topological polar surface area (TPSA) is 84.9 Å². The van der Waals surface area contributed by atoms with Gasteiger partial charge in [-0.1, -0.05) is 19.1 Å². The summed E-state index contributed by atoms with van der Waals surface area (Å²) in [4.78, 5) is 12.9. The van der Waals surface area contributed by atoms with Crippen LogP contribution in [0, 0.1) is 0 Å². The van der Waals surface area contributed by atoms with Crippen LogP contribution in [0.5, 0.6) is 5.75 Å². The maximum absolute atomic E-state index is 12.9. The highest BCUT2D eigenvalue weighted by Crippen LogP contribution is 2.26. The smallest absolute Gasteiger partial charge is 0.259 e. The lowest BCUT2D eigenvalue weighted by Crippen LogP contribution is -2.40. The number of rotatable bonds is 6. The minimum Gasteiger partial charge on any atom is -0.496 e. The summed E-state index contributed by atoms with van der Waals surface area (Å²) in [6.07, 6.45) is 0.848. The van der Waals surface area contributed by atoms with Gasteiger partial charge in [0.25, 0.3) is 5.91 Å². The quantitative estimate of drug-likeness (QED) is 0.800. The lowest BCUT2D eigenvalue weighted by molar-refractivity contribution is 0.0730. The molecule has 1 fully saturated rings. The average molecular weight is 404 g/mol. The van der Waals surface area contributed by atoms with Gasteiger partial charge in [-0.25, -0.2) is 8.42 Å². The number of nitrogens with zero attached hydrogens (tertiary/aromatic N) is 1. The Morgan fingerprint density at radius 3 is 2.61 bits per heavy atom. The molecule has 1 aliphatic heterocycles. The number of morpholine rings is 1. The summed E-state index contributed by atoms with van der Waals surface area (Å²) < 4.78 is 37.7. The highest BCUT2D eigenvalue weighted by molar-refractivity contribution is 7.89. The third-order valence-electron chi connectivity index (χ3n) is 4.62. The molecule has 1 amide bonds. The van der Waals surface area contributed by atoms with Gasteiger partial charge in [-0.2, -0.15) is 4.31 Å². The van der Waals surface area contributed by atoms with Gasteiger partial charge in [0, 0.05) is 18.8 Å². The van der Waals surface area contributed by atoms with Gasteiger partial charge in [-0.15, -0.1) is 0 Å². The molecule has 1 N–H and O–H groups in total. The summed E-state index contributed by atoms with van der Waals surface area (Å²) in [7, 11) is -2.26. The van der Waals surface area contributed by atoms with Crippen molar-refractivity contribution >= 4 is 21.6 Å². The molecule has 150 valence electrons. The Labute approximate surface area is 165 Å². The van der Waals surface area contributed by atoms with Crippen LogP contribution in [0.1, 0.15) is 22.8 Å². The van der Waals surface area contributed by atoms with E-state index in [1.54, 1.807) is 6.07 Å². The van der Waals surface area contributed by atoms with Crippen molar-refractivity contribution in [2.45, 2.75) is 18.2 Å². The molecular weight excluding hydrogens is 380 g/mol. The first-order valence-corrected chi connectivity index (χ1v) is 10.6. The van der Waals surface area contributed by atoms with E-state index in [1.807, 2.05) is 25.1 Å². The predicted molar refractivity (Wildman–Crippen MR) is 106 cm³/mol. The molecule has 0 atom stereocenters. The number of carbonyl (C=O) groups is 1. The van der Waals surface area contributed by atoms with Crippen molar-refractivity contribution in [1.82, 2.24) is 4.31 Å². The van der Waals surface area contributed by atoms with Gasteiger partial charge in [0.05, 0.1) is 30.8 Å². The van der Waals surface area contributed by atoms with Crippen molar-refractivity contribution in [3.05, 3.63) is 53.6 Å². The Kier molecular flexibility index (Phi) is 6.33. The zero-order valence-corrected chi connectivity index (χ0v) is 16.8. The fraction of sp³-hybridized carbons (Fsp3) is 0.350. The lowest BCUT2D eigenvalue weighted by Gasteiger charge is -2.26. The van der Waals surface area contributed by atoms with Gasteiger partial charge in [0.1, 0.15) is 5.75 Å². The average Bonchev–Trinajstić information content (AvgIpc) is 2.74. The van der Waals surface area contributed by atoms with Gasteiger partial charge in [0.2, 0.25) is 10.0 Å². The van der Waals surface area contributed by atoms with Crippen LogP contribution in [0.4, 0.5) is 5.69 Å². The minimum absolute atomic E-state index is 0.0580. The molecule has 1 heterocycles. The maximum atomic E-state index is 12.9. The highest BCUT2D eigenvalue weighted by atomic mass is 32.2. The monoisotopic (exact) mass is 404 g/mol. The number of methoxy groups -OCH3 is 1. The normalized spacial score (nSPS) is 15.2. The van der Waals surface area contributed by atoms with Gasteiger partial charge >= 0.3 is 0 Å². The van der Waals surface area contributed by atoms with E-state index in [2.05, 4.69) is 5.32 Å². The van der Waals surface area contributed by atoms with Crippen molar-refractivity contribution in [2.24, 2.45) is 0 Å². The number of aryl methyl sites for hydroxylation is 1. The Morgan fingerprint density at radius 2 is 1.93 bits per heavy atom. The highest BCUT2D eigenvalue weighted by Gasteiger charge is 2.28. The number of hydrogen-bond donors (Lipinski definition) is 1. The molecule has 1 aliphatic rings. The lowest BCUT2D eigenvalue weighted by atomic mass is 10.1. The number of carbonyl (C=O) groups excluding carboxylic acids is 1. The van der Waals surface area contributed by atoms with Gasteiger partial charge < -0.3 is 14.8 Å². The van der Waals surface area contributed by atoms with Crippen molar-refractivity contribution in [3.63, 3.8) is 0 Å². The Hall–Kier alpha value is -2.42. The second-order valence-corrected chi connectivity index (χ2v) is 8.32. The number of nitrogens with one attached hydrogen (secondary N) is 1. The summed E-state index contributed by atoms with van der Waals surface area (Å²) in [5.41, 5.74) is 1.90.